The maximum absolute atomic E-state index is 11.1. The second-order valence-electron chi connectivity index (χ2n) is 2.98. The summed E-state index contributed by atoms with van der Waals surface area (Å²) in [6.07, 6.45) is 0. The fourth-order valence-electron chi connectivity index (χ4n) is 1.09. The average molecular weight is 240 g/mol. The number of nitrogens with one attached hydrogen (secondary N) is 1. The van der Waals surface area contributed by atoms with Gasteiger partial charge in [-0.05, 0) is 12.1 Å². The number of nitro groups is 1. The number of carbonyl (C=O) groups is 1. The highest BCUT2D eigenvalue weighted by molar-refractivity contribution is 6.34. The summed E-state index contributed by atoms with van der Waals surface area (Å²) < 4.78 is 4.58. The van der Waals surface area contributed by atoms with Crippen LogP contribution in [0.4, 0.5) is 5.69 Å². The van der Waals surface area contributed by atoms with E-state index in [1.54, 1.807) is 12.1 Å². The molecule has 0 aliphatic heterocycles. The molecule has 1 amide bonds. The quantitative estimate of drug-likeness (QED) is 0.353. The van der Waals surface area contributed by atoms with Crippen LogP contribution < -0.4 is 9.97 Å². The van der Waals surface area contributed by atoms with Gasteiger partial charge in [0, 0.05) is 4.92 Å². The highest BCUT2D eigenvalue weighted by Crippen LogP contribution is 2.23. The van der Waals surface area contributed by atoms with Crippen molar-refractivity contribution in [2.24, 2.45) is 0 Å². The molecule has 1 aromatic carbocycles. The van der Waals surface area contributed by atoms with Gasteiger partial charge in [0.25, 0.3) is 12.5 Å². The van der Waals surface area contributed by atoms with Crippen molar-refractivity contribution >= 4 is 18.9 Å². The van der Waals surface area contributed by atoms with Gasteiger partial charge in [-0.25, -0.2) is 0 Å². The molecule has 0 fully saturated rings. The Kier molecular flexibility index (Phi) is 4.43. The van der Waals surface area contributed by atoms with Gasteiger partial charge in [0.05, 0.1) is 5.69 Å². The Morgan fingerprint density at radius 1 is 1.47 bits per heavy atom. The van der Waals surface area contributed by atoms with E-state index in [1.807, 2.05) is 0 Å². The molecule has 9 heteroatoms. The normalized spacial score (nSPS) is 9.53. The van der Waals surface area contributed by atoms with Gasteiger partial charge in [-0.15, -0.1) is 0 Å². The summed E-state index contributed by atoms with van der Waals surface area (Å²) in [7, 11) is -2.04. The monoisotopic (exact) mass is 240 g/mol. The van der Waals surface area contributed by atoms with Gasteiger partial charge in [0.15, 0.2) is 0 Å². The van der Waals surface area contributed by atoms with Crippen LogP contribution in [0.25, 0.3) is 0 Å². The SMILES string of the molecule is O=C(C[N+](=O)[O-])Nc1ccccc1OB(O)O. The lowest BCUT2D eigenvalue weighted by molar-refractivity contribution is -0.467. The minimum absolute atomic E-state index is 0.000743. The van der Waals surface area contributed by atoms with Crippen LogP contribution in [0.1, 0.15) is 0 Å². The number of hydrogen-bond donors (Lipinski definition) is 3. The van der Waals surface area contributed by atoms with Crippen LogP contribution >= 0.6 is 0 Å². The van der Waals surface area contributed by atoms with Gasteiger partial charge >= 0.3 is 7.32 Å². The van der Waals surface area contributed by atoms with Crippen molar-refractivity contribution in [2.45, 2.75) is 0 Å². The first-order valence-corrected chi connectivity index (χ1v) is 4.52. The summed E-state index contributed by atoms with van der Waals surface area (Å²) in [5.41, 5.74) is 0.118. The lowest BCUT2D eigenvalue weighted by Gasteiger charge is -2.10. The summed E-state index contributed by atoms with van der Waals surface area (Å²) in [5, 5.41) is 29.6. The third-order valence-corrected chi connectivity index (χ3v) is 1.67. The van der Waals surface area contributed by atoms with E-state index in [0.29, 0.717) is 0 Å². The zero-order valence-electron chi connectivity index (χ0n) is 8.57. The Balaban J connectivity index is 2.76. The molecular weight excluding hydrogens is 231 g/mol. The standard InChI is InChI=1S/C8H9BN2O6/c12-8(5-11(15)16)10-6-3-1-2-4-7(6)17-9(13)14/h1-4,13-14H,5H2,(H,10,12). The molecule has 1 aromatic rings. The van der Waals surface area contributed by atoms with E-state index < -0.39 is 24.7 Å². The van der Waals surface area contributed by atoms with Gasteiger partial charge in [-0.1, -0.05) is 12.1 Å². The van der Waals surface area contributed by atoms with E-state index in [0.717, 1.165) is 0 Å². The maximum atomic E-state index is 11.1. The highest BCUT2D eigenvalue weighted by Gasteiger charge is 2.16. The summed E-state index contributed by atoms with van der Waals surface area (Å²) >= 11 is 0. The van der Waals surface area contributed by atoms with Crippen LogP contribution in [0.3, 0.4) is 0 Å². The summed E-state index contributed by atoms with van der Waals surface area (Å²) in [5.74, 6) is -0.835. The molecule has 0 radical (unpaired) electrons. The van der Waals surface area contributed by atoms with Crippen molar-refractivity contribution in [3.05, 3.63) is 34.4 Å². The number of amides is 1. The largest absolute Gasteiger partial charge is 0.707 e. The summed E-state index contributed by atoms with van der Waals surface area (Å²) in [6, 6.07) is 5.88. The third kappa shape index (κ3) is 4.49. The fourth-order valence-corrected chi connectivity index (χ4v) is 1.09. The molecule has 0 aliphatic rings. The first-order chi connectivity index (χ1) is 7.99. The second-order valence-corrected chi connectivity index (χ2v) is 2.98. The fraction of sp³-hybridized carbons (Fsp3) is 0.125. The van der Waals surface area contributed by atoms with Crippen molar-refractivity contribution in [1.82, 2.24) is 0 Å². The van der Waals surface area contributed by atoms with E-state index in [9.17, 15) is 14.9 Å². The first kappa shape index (κ1) is 12.9. The first-order valence-electron chi connectivity index (χ1n) is 4.52. The van der Waals surface area contributed by atoms with Gasteiger partial charge < -0.3 is 20.0 Å². The molecule has 0 saturated heterocycles. The molecule has 17 heavy (non-hydrogen) atoms. The smallest absolute Gasteiger partial charge is 0.510 e. The summed E-state index contributed by atoms with van der Waals surface area (Å²) in [4.78, 5) is 20.4. The number of nitrogens with zero attached hydrogens (tertiary/aromatic N) is 1. The number of rotatable bonds is 5. The molecule has 0 heterocycles. The van der Waals surface area contributed by atoms with Gasteiger partial charge in [0.1, 0.15) is 5.75 Å². The van der Waals surface area contributed by atoms with Crippen molar-refractivity contribution in [3.8, 4) is 5.75 Å². The molecular formula is C8H9BN2O6. The van der Waals surface area contributed by atoms with Crippen LogP contribution in [0.5, 0.6) is 5.75 Å². The van der Waals surface area contributed by atoms with Crippen LogP contribution in [0.15, 0.2) is 24.3 Å². The molecule has 0 saturated carbocycles. The average Bonchev–Trinajstić information content (AvgIpc) is 2.18. The number of benzene rings is 1. The Labute approximate surface area is 96.2 Å². The molecule has 0 aromatic heterocycles. The number of hydrogen-bond acceptors (Lipinski definition) is 6. The lowest BCUT2D eigenvalue weighted by Crippen LogP contribution is -2.24. The minimum atomic E-state index is -2.04. The zero-order chi connectivity index (χ0) is 12.8. The van der Waals surface area contributed by atoms with Crippen LogP contribution in [-0.4, -0.2) is 34.7 Å². The minimum Gasteiger partial charge on any atom is -0.510 e. The highest BCUT2D eigenvalue weighted by atomic mass is 16.6. The van der Waals surface area contributed by atoms with Crippen molar-refractivity contribution in [3.63, 3.8) is 0 Å². The Morgan fingerprint density at radius 2 is 2.12 bits per heavy atom. The van der Waals surface area contributed by atoms with E-state index >= 15 is 0 Å². The maximum Gasteiger partial charge on any atom is 0.707 e. The van der Waals surface area contributed by atoms with Crippen molar-refractivity contribution in [2.75, 3.05) is 11.9 Å². The second kappa shape index (κ2) is 5.82. The van der Waals surface area contributed by atoms with Crippen molar-refractivity contribution < 1.29 is 24.4 Å². The Bertz CT molecular complexity index is 424. The number of carbonyl (C=O) groups excluding carboxylic acids is 1. The van der Waals surface area contributed by atoms with Crippen LogP contribution in [0, 0.1) is 10.1 Å². The number of anilines is 1. The predicted molar refractivity (Wildman–Crippen MR) is 57.8 cm³/mol. The topological polar surface area (TPSA) is 122 Å². The third-order valence-electron chi connectivity index (χ3n) is 1.67. The van der Waals surface area contributed by atoms with Crippen LogP contribution in [0.2, 0.25) is 0 Å². The molecule has 0 atom stereocenters. The van der Waals surface area contributed by atoms with E-state index in [4.69, 9.17) is 10.0 Å². The number of para-hydroxylation sites is 2. The molecule has 3 N–H and O–H groups in total. The zero-order valence-corrected chi connectivity index (χ0v) is 8.57. The van der Waals surface area contributed by atoms with E-state index in [1.165, 1.54) is 12.1 Å². The molecule has 0 aliphatic carbocycles. The van der Waals surface area contributed by atoms with E-state index in [2.05, 4.69) is 9.97 Å². The van der Waals surface area contributed by atoms with Gasteiger partial charge in [-0.3, -0.25) is 14.9 Å². The Morgan fingerprint density at radius 3 is 2.71 bits per heavy atom. The molecule has 8 nitrogen and oxygen atoms in total. The van der Waals surface area contributed by atoms with Crippen LogP contribution in [-0.2, 0) is 4.79 Å². The van der Waals surface area contributed by atoms with E-state index in [-0.39, 0.29) is 11.4 Å². The predicted octanol–water partition coefficient (Wildman–Crippen LogP) is -0.750. The summed E-state index contributed by atoms with van der Waals surface area (Å²) in [6.45, 7) is -0.879. The Hall–Kier alpha value is -2.13. The van der Waals surface area contributed by atoms with Gasteiger partial charge in [-0.2, -0.15) is 0 Å². The molecule has 0 unspecified atom stereocenters. The van der Waals surface area contributed by atoms with Crippen molar-refractivity contribution in [1.29, 1.82) is 0 Å². The molecule has 90 valence electrons. The lowest BCUT2D eigenvalue weighted by atomic mass is 10.2. The molecule has 0 spiro atoms. The molecule has 1 rings (SSSR count). The molecule has 0 bridgehead atoms. The van der Waals surface area contributed by atoms with Gasteiger partial charge in [0.2, 0.25) is 0 Å².